The van der Waals surface area contributed by atoms with Crippen LogP contribution in [-0.4, -0.2) is 19.4 Å². The van der Waals surface area contributed by atoms with E-state index < -0.39 is 0 Å². The van der Waals surface area contributed by atoms with Crippen LogP contribution in [0.5, 0.6) is 0 Å². The van der Waals surface area contributed by atoms with Gasteiger partial charge < -0.3 is 0 Å². The Balaban J connectivity index is 1.93. The summed E-state index contributed by atoms with van der Waals surface area (Å²) in [6, 6.07) is 13.2. The first-order valence-corrected chi connectivity index (χ1v) is 12.0. The normalized spacial score (nSPS) is 12.1. The standard InChI is InChI=1S/C31H28N4/c1-17-12-19(3)26(20(4)13-17)29-30(27-21(5)14-18(2)15-22(27)6)35-25-16-32-11-9-23(25)28-24(31(35)34-29)8-7-10-33-28/h7-16H,1-6H3/i7D. The van der Waals surface area contributed by atoms with Crippen molar-refractivity contribution in [1.29, 1.82) is 0 Å². The highest BCUT2D eigenvalue weighted by Gasteiger charge is 2.25. The lowest BCUT2D eigenvalue weighted by Crippen LogP contribution is -2.00. The van der Waals surface area contributed by atoms with Crippen LogP contribution in [-0.2, 0) is 0 Å². The average Bonchev–Trinajstić information content (AvgIpc) is 3.18. The van der Waals surface area contributed by atoms with Gasteiger partial charge in [-0.3, -0.25) is 14.4 Å². The SMILES string of the molecule is [2H]c1cnc2c3ccncc3n3c(-c4c(C)cc(C)cc4C)c(-c4c(C)cc(C)cc4C)nc3c2c1. The second-order valence-corrected chi connectivity index (χ2v) is 9.74. The Labute approximate surface area is 206 Å². The third-order valence-corrected chi connectivity index (χ3v) is 6.99. The van der Waals surface area contributed by atoms with Crippen LogP contribution in [0.15, 0.2) is 61.0 Å². The van der Waals surface area contributed by atoms with Crippen LogP contribution in [0.3, 0.4) is 0 Å². The lowest BCUT2D eigenvalue weighted by Gasteiger charge is -2.17. The molecular weight excluding hydrogens is 428 g/mol. The molecule has 0 fully saturated rings. The van der Waals surface area contributed by atoms with Crippen LogP contribution in [0.4, 0.5) is 0 Å². The van der Waals surface area contributed by atoms with Gasteiger partial charge in [-0.05, 0) is 82.0 Å². The zero-order chi connectivity index (χ0) is 25.3. The number of aromatic nitrogens is 4. The second-order valence-electron chi connectivity index (χ2n) is 9.74. The smallest absolute Gasteiger partial charge is 0.148 e. The Hall–Kier alpha value is -4.05. The summed E-state index contributed by atoms with van der Waals surface area (Å²) in [5.74, 6) is 0. The number of imidazole rings is 1. The maximum Gasteiger partial charge on any atom is 0.148 e. The number of rotatable bonds is 2. The van der Waals surface area contributed by atoms with Crippen molar-refractivity contribution < 1.29 is 1.37 Å². The summed E-state index contributed by atoms with van der Waals surface area (Å²) in [5, 5.41) is 1.87. The van der Waals surface area contributed by atoms with Crippen molar-refractivity contribution in [3.63, 3.8) is 0 Å². The molecule has 0 amide bonds. The van der Waals surface area contributed by atoms with Crippen LogP contribution in [0.1, 0.15) is 34.8 Å². The molecule has 0 unspecified atom stereocenters. The number of fused-ring (bicyclic) bond motifs is 6. The molecule has 0 radical (unpaired) electrons. The van der Waals surface area contributed by atoms with Gasteiger partial charge in [-0.2, -0.15) is 0 Å². The van der Waals surface area contributed by atoms with Crippen LogP contribution < -0.4 is 0 Å². The molecule has 35 heavy (non-hydrogen) atoms. The average molecular weight is 458 g/mol. The topological polar surface area (TPSA) is 43.1 Å². The van der Waals surface area contributed by atoms with E-state index in [1.54, 1.807) is 12.4 Å². The first-order valence-electron chi connectivity index (χ1n) is 12.5. The van der Waals surface area contributed by atoms with Gasteiger partial charge >= 0.3 is 0 Å². The van der Waals surface area contributed by atoms with Gasteiger partial charge in [0.25, 0.3) is 0 Å². The maximum absolute atomic E-state index is 8.32. The van der Waals surface area contributed by atoms with Gasteiger partial charge in [0.15, 0.2) is 0 Å². The Morgan fingerprint density at radius 2 is 1.37 bits per heavy atom. The van der Waals surface area contributed by atoms with Crippen LogP contribution >= 0.6 is 0 Å². The van der Waals surface area contributed by atoms with Crippen LogP contribution in [0.2, 0.25) is 0 Å². The van der Waals surface area contributed by atoms with E-state index in [0.29, 0.717) is 6.04 Å². The molecule has 6 rings (SSSR count). The fraction of sp³-hybridized carbons (Fsp3) is 0.194. The number of aryl methyl sites for hydroxylation is 6. The van der Waals surface area contributed by atoms with Gasteiger partial charge in [-0.25, -0.2) is 4.98 Å². The van der Waals surface area contributed by atoms with E-state index in [0.717, 1.165) is 44.4 Å². The first-order chi connectivity index (χ1) is 17.2. The van der Waals surface area contributed by atoms with Gasteiger partial charge in [0, 0.05) is 34.3 Å². The largest absolute Gasteiger partial charge is 0.289 e. The van der Waals surface area contributed by atoms with Crippen molar-refractivity contribution in [2.45, 2.75) is 41.5 Å². The van der Waals surface area contributed by atoms with E-state index in [9.17, 15) is 0 Å². The van der Waals surface area contributed by atoms with E-state index in [2.05, 4.69) is 80.2 Å². The number of pyridine rings is 3. The molecule has 0 spiro atoms. The summed E-state index contributed by atoms with van der Waals surface area (Å²) in [7, 11) is 0. The summed E-state index contributed by atoms with van der Waals surface area (Å²) in [6.07, 6.45) is 5.31. The minimum atomic E-state index is 0.370. The van der Waals surface area contributed by atoms with Crippen molar-refractivity contribution in [2.75, 3.05) is 0 Å². The van der Waals surface area contributed by atoms with Crippen molar-refractivity contribution in [1.82, 2.24) is 19.4 Å². The summed E-state index contributed by atoms with van der Waals surface area (Å²) in [4.78, 5) is 14.5. The van der Waals surface area contributed by atoms with E-state index in [1.165, 1.54) is 38.9 Å². The molecule has 2 aromatic carbocycles. The predicted octanol–water partition coefficient (Wildman–Crippen LogP) is 7.62. The molecule has 0 atom stereocenters. The lowest BCUT2D eigenvalue weighted by atomic mass is 9.91. The third kappa shape index (κ3) is 3.17. The molecule has 4 heterocycles. The molecule has 0 aliphatic heterocycles. The molecular formula is C31H28N4. The molecule has 172 valence electrons. The molecule has 0 aliphatic rings. The molecule has 6 aromatic rings. The van der Waals surface area contributed by atoms with E-state index >= 15 is 0 Å². The fourth-order valence-corrected chi connectivity index (χ4v) is 5.86. The number of benzene rings is 2. The molecule has 0 N–H and O–H groups in total. The van der Waals surface area contributed by atoms with Crippen molar-refractivity contribution in [3.8, 4) is 22.5 Å². The molecule has 0 saturated heterocycles. The highest BCUT2D eigenvalue weighted by Crippen LogP contribution is 2.42. The van der Waals surface area contributed by atoms with Crippen LogP contribution in [0.25, 0.3) is 50.0 Å². The maximum atomic E-state index is 8.32. The Morgan fingerprint density at radius 3 is 2.03 bits per heavy atom. The predicted molar refractivity (Wildman–Crippen MR) is 145 cm³/mol. The molecule has 0 aliphatic carbocycles. The first kappa shape index (κ1) is 20.3. The van der Waals surface area contributed by atoms with Gasteiger partial charge in [-0.15, -0.1) is 0 Å². The number of hydrogen-bond acceptors (Lipinski definition) is 3. The molecule has 4 aromatic heterocycles. The molecule has 4 nitrogen and oxygen atoms in total. The third-order valence-electron chi connectivity index (χ3n) is 6.99. The second kappa shape index (κ2) is 7.74. The van der Waals surface area contributed by atoms with E-state index in [-0.39, 0.29) is 0 Å². The van der Waals surface area contributed by atoms with Crippen molar-refractivity contribution in [2.24, 2.45) is 0 Å². The number of nitrogens with zero attached hydrogens (tertiary/aromatic N) is 4. The van der Waals surface area contributed by atoms with Crippen LogP contribution in [0, 0.1) is 41.5 Å². The molecule has 4 heteroatoms. The minimum Gasteiger partial charge on any atom is -0.289 e. The molecule has 0 saturated carbocycles. The van der Waals surface area contributed by atoms with Gasteiger partial charge in [0.2, 0.25) is 0 Å². The fourth-order valence-electron chi connectivity index (χ4n) is 5.86. The van der Waals surface area contributed by atoms with Crippen molar-refractivity contribution >= 4 is 27.5 Å². The highest BCUT2D eigenvalue weighted by molar-refractivity contribution is 6.11. The number of hydrogen-bond donors (Lipinski definition) is 0. The summed E-state index contributed by atoms with van der Waals surface area (Å²) < 4.78 is 10.6. The summed E-state index contributed by atoms with van der Waals surface area (Å²) in [5.41, 5.74) is 14.3. The van der Waals surface area contributed by atoms with E-state index in [1.807, 2.05) is 18.3 Å². The summed E-state index contributed by atoms with van der Waals surface area (Å²) >= 11 is 0. The summed E-state index contributed by atoms with van der Waals surface area (Å²) in [6.45, 7) is 13.0. The quantitative estimate of drug-likeness (QED) is 0.251. The lowest BCUT2D eigenvalue weighted by molar-refractivity contribution is 1.21. The van der Waals surface area contributed by atoms with Gasteiger partial charge in [0.1, 0.15) is 5.65 Å². The monoisotopic (exact) mass is 457 g/mol. The van der Waals surface area contributed by atoms with Gasteiger partial charge in [-0.1, -0.05) is 35.4 Å². The van der Waals surface area contributed by atoms with E-state index in [4.69, 9.17) is 6.35 Å². The molecule has 0 bridgehead atoms. The minimum absolute atomic E-state index is 0.370. The Kier molecular flexibility index (Phi) is 4.50. The van der Waals surface area contributed by atoms with Gasteiger partial charge in [0.05, 0.1) is 30.0 Å². The Bertz CT molecular complexity index is 1820. The van der Waals surface area contributed by atoms with Crippen molar-refractivity contribution in [3.05, 3.63) is 94.4 Å². The highest BCUT2D eigenvalue weighted by atomic mass is 15.0. The Morgan fingerprint density at radius 1 is 0.743 bits per heavy atom. The zero-order valence-corrected chi connectivity index (χ0v) is 21.0. The zero-order valence-electron chi connectivity index (χ0n) is 22.0.